The van der Waals surface area contributed by atoms with Crippen molar-refractivity contribution in [1.82, 2.24) is 0 Å². The number of anilines is 1. The van der Waals surface area contributed by atoms with Crippen LogP contribution in [0.2, 0.25) is 0 Å². The van der Waals surface area contributed by atoms with Gasteiger partial charge in [-0.3, -0.25) is 0 Å². The Hall–Kier alpha value is -1.46. The molecule has 0 atom stereocenters. The van der Waals surface area contributed by atoms with Crippen LogP contribution in [-0.4, -0.2) is 14.7 Å². The first-order chi connectivity index (χ1) is 9.38. The minimum atomic E-state index is -3.12. The van der Waals surface area contributed by atoms with Crippen molar-refractivity contribution in [3.05, 3.63) is 53.6 Å². The first-order valence-corrected chi connectivity index (χ1v) is 9.02. The molecule has 3 nitrogen and oxygen atoms in total. The lowest BCUT2D eigenvalue weighted by atomic mass is 10.1. The quantitative estimate of drug-likeness (QED) is 0.695. The highest BCUT2D eigenvalue weighted by Crippen LogP contribution is 2.27. The van der Waals surface area contributed by atoms with Crippen molar-refractivity contribution in [1.29, 1.82) is 0 Å². The fourth-order valence-electron chi connectivity index (χ4n) is 1.80. The number of benzene rings is 2. The molecular weight excluding hydrogens is 290 g/mol. The molecule has 106 valence electrons. The lowest BCUT2D eigenvalue weighted by Gasteiger charge is -2.08. The van der Waals surface area contributed by atoms with E-state index in [1.54, 1.807) is 23.9 Å². The van der Waals surface area contributed by atoms with E-state index in [4.69, 9.17) is 5.73 Å². The van der Waals surface area contributed by atoms with Crippen LogP contribution < -0.4 is 5.73 Å². The number of rotatable bonds is 4. The summed E-state index contributed by atoms with van der Waals surface area (Å²) in [6.07, 6.45) is 1.21. The van der Waals surface area contributed by atoms with Crippen LogP contribution in [0, 0.1) is 6.92 Å². The van der Waals surface area contributed by atoms with Gasteiger partial charge in [-0.15, -0.1) is 11.8 Å². The standard InChI is InChI=1S/C15H17NO2S2/c1-11-12(4-3-5-15(11)16)10-19-13-6-8-14(9-7-13)20(2,17)18/h3-9H,10,16H2,1-2H3. The van der Waals surface area contributed by atoms with Gasteiger partial charge in [0.05, 0.1) is 4.90 Å². The molecule has 2 N–H and O–H groups in total. The van der Waals surface area contributed by atoms with Gasteiger partial charge >= 0.3 is 0 Å². The van der Waals surface area contributed by atoms with Gasteiger partial charge in [-0.25, -0.2) is 8.42 Å². The van der Waals surface area contributed by atoms with E-state index < -0.39 is 9.84 Å². The Morgan fingerprint density at radius 3 is 2.35 bits per heavy atom. The molecule has 5 heteroatoms. The first kappa shape index (κ1) is 14.9. The number of hydrogen-bond acceptors (Lipinski definition) is 4. The van der Waals surface area contributed by atoms with Gasteiger partial charge in [-0.1, -0.05) is 12.1 Å². The van der Waals surface area contributed by atoms with Crippen molar-refractivity contribution >= 4 is 27.3 Å². The molecule has 2 aromatic rings. The highest BCUT2D eigenvalue weighted by atomic mass is 32.2. The molecule has 0 saturated heterocycles. The second-order valence-corrected chi connectivity index (χ2v) is 7.73. The van der Waals surface area contributed by atoms with Crippen LogP contribution in [0.25, 0.3) is 0 Å². The molecule has 0 amide bonds. The molecule has 0 bridgehead atoms. The maximum atomic E-state index is 11.4. The molecule has 0 unspecified atom stereocenters. The Labute approximate surface area is 124 Å². The molecule has 0 spiro atoms. The van der Waals surface area contributed by atoms with Crippen LogP contribution in [0.4, 0.5) is 5.69 Å². The summed E-state index contributed by atoms with van der Waals surface area (Å²) < 4.78 is 22.8. The number of sulfone groups is 1. The summed E-state index contributed by atoms with van der Waals surface area (Å²) in [5.74, 6) is 0.815. The van der Waals surface area contributed by atoms with E-state index in [-0.39, 0.29) is 0 Å². The summed E-state index contributed by atoms with van der Waals surface area (Å²) in [6.45, 7) is 2.01. The van der Waals surface area contributed by atoms with E-state index in [9.17, 15) is 8.42 Å². The number of thioether (sulfide) groups is 1. The van der Waals surface area contributed by atoms with E-state index in [2.05, 4.69) is 6.07 Å². The molecule has 20 heavy (non-hydrogen) atoms. The highest BCUT2D eigenvalue weighted by molar-refractivity contribution is 7.98. The molecular formula is C15H17NO2S2. The molecule has 0 aromatic heterocycles. The molecule has 0 radical (unpaired) electrons. The summed E-state index contributed by atoms with van der Waals surface area (Å²) >= 11 is 1.67. The molecule has 0 aliphatic carbocycles. The predicted octanol–water partition coefficient (Wildman–Crippen LogP) is 3.27. The van der Waals surface area contributed by atoms with Crippen molar-refractivity contribution in [2.75, 3.05) is 12.0 Å². The first-order valence-electron chi connectivity index (χ1n) is 6.15. The lowest BCUT2D eigenvalue weighted by molar-refractivity contribution is 0.602. The topological polar surface area (TPSA) is 60.2 Å². The molecule has 0 aliphatic heterocycles. The van der Waals surface area contributed by atoms with E-state index in [0.29, 0.717) is 4.90 Å². The lowest BCUT2D eigenvalue weighted by Crippen LogP contribution is -1.96. The van der Waals surface area contributed by atoms with Crippen molar-refractivity contribution in [3.8, 4) is 0 Å². The zero-order valence-corrected chi connectivity index (χ0v) is 13.1. The van der Waals surface area contributed by atoms with Crippen molar-refractivity contribution < 1.29 is 8.42 Å². The third-order valence-corrected chi connectivity index (χ3v) is 5.32. The zero-order chi connectivity index (χ0) is 14.8. The smallest absolute Gasteiger partial charge is 0.175 e. The van der Waals surface area contributed by atoms with Crippen LogP contribution in [0.1, 0.15) is 11.1 Å². The fraction of sp³-hybridized carbons (Fsp3) is 0.200. The van der Waals surface area contributed by atoms with Gasteiger partial charge in [0.2, 0.25) is 0 Å². The van der Waals surface area contributed by atoms with Gasteiger partial charge in [-0.2, -0.15) is 0 Å². The molecule has 0 saturated carbocycles. The second kappa shape index (κ2) is 5.89. The molecule has 2 aromatic carbocycles. The Bertz CT molecular complexity index is 707. The van der Waals surface area contributed by atoms with E-state index >= 15 is 0 Å². The maximum absolute atomic E-state index is 11.4. The highest BCUT2D eigenvalue weighted by Gasteiger charge is 2.07. The van der Waals surface area contributed by atoms with Gasteiger partial charge in [0.1, 0.15) is 0 Å². The van der Waals surface area contributed by atoms with Crippen LogP contribution >= 0.6 is 11.8 Å². The van der Waals surface area contributed by atoms with E-state index in [1.807, 2.05) is 31.2 Å². The van der Waals surface area contributed by atoms with Crippen molar-refractivity contribution in [3.63, 3.8) is 0 Å². The summed E-state index contributed by atoms with van der Waals surface area (Å²) in [4.78, 5) is 1.39. The Balaban J connectivity index is 2.10. The number of hydrogen-bond donors (Lipinski definition) is 1. The number of nitrogen functional groups attached to an aromatic ring is 1. The largest absolute Gasteiger partial charge is 0.399 e. The monoisotopic (exact) mass is 307 g/mol. The SMILES string of the molecule is Cc1c(N)cccc1CSc1ccc(S(C)(=O)=O)cc1. The van der Waals surface area contributed by atoms with Crippen LogP contribution in [0.5, 0.6) is 0 Å². The van der Waals surface area contributed by atoms with Crippen LogP contribution in [0.3, 0.4) is 0 Å². The third kappa shape index (κ3) is 3.55. The number of nitrogens with two attached hydrogens (primary N) is 1. The summed E-state index contributed by atoms with van der Waals surface area (Å²) in [6, 6.07) is 12.9. The summed E-state index contributed by atoms with van der Waals surface area (Å²) in [5.41, 5.74) is 8.98. The van der Waals surface area contributed by atoms with Gasteiger partial charge in [-0.05, 0) is 48.4 Å². The van der Waals surface area contributed by atoms with E-state index in [1.165, 1.54) is 11.8 Å². The third-order valence-electron chi connectivity index (χ3n) is 3.13. The molecule has 0 heterocycles. The van der Waals surface area contributed by atoms with Gasteiger partial charge in [0.15, 0.2) is 9.84 Å². The van der Waals surface area contributed by atoms with Gasteiger partial charge in [0, 0.05) is 22.6 Å². The minimum absolute atomic E-state index is 0.349. The predicted molar refractivity (Wildman–Crippen MR) is 84.7 cm³/mol. The average molecular weight is 307 g/mol. The minimum Gasteiger partial charge on any atom is -0.399 e. The van der Waals surface area contributed by atoms with Crippen molar-refractivity contribution in [2.24, 2.45) is 0 Å². The second-order valence-electron chi connectivity index (χ2n) is 4.66. The molecule has 0 aliphatic rings. The molecule has 2 rings (SSSR count). The van der Waals surface area contributed by atoms with Gasteiger partial charge in [0.25, 0.3) is 0 Å². The van der Waals surface area contributed by atoms with E-state index in [0.717, 1.165) is 21.9 Å². The summed E-state index contributed by atoms with van der Waals surface area (Å²) in [7, 11) is -3.12. The summed E-state index contributed by atoms with van der Waals surface area (Å²) in [5, 5.41) is 0. The van der Waals surface area contributed by atoms with Crippen LogP contribution in [-0.2, 0) is 15.6 Å². The maximum Gasteiger partial charge on any atom is 0.175 e. The Kier molecular flexibility index (Phi) is 4.40. The van der Waals surface area contributed by atoms with Crippen molar-refractivity contribution in [2.45, 2.75) is 22.5 Å². The molecule has 0 fully saturated rings. The average Bonchev–Trinajstić information content (AvgIpc) is 2.40. The Morgan fingerprint density at radius 1 is 1.10 bits per heavy atom. The van der Waals surface area contributed by atoms with Gasteiger partial charge < -0.3 is 5.73 Å². The normalized spacial score (nSPS) is 11.5. The zero-order valence-electron chi connectivity index (χ0n) is 11.5. The van der Waals surface area contributed by atoms with Crippen LogP contribution in [0.15, 0.2) is 52.3 Å². The Morgan fingerprint density at radius 2 is 1.75 bits per heavy atom. The fourth-order valence-corrected chi connectivity index (χ4v) is 3.40.